The van der Waals surface area contributed by atoms with Crippen LogP contribution in [0.25, 0.3) is 0 Å². The first-order valence-electron chi connectivity index (χ1n) is 25.8. The molecule has 1 amide bonds. The molecule has 7 fully saturated rings. The molecular weight excluding hydrogens is 813 g/mol. The van der Waals surface area contributed by atoms with Gasteiger partial charge in [0.25, 0.3) is 0 Å². The second-order valence-electron chi connectivity index (χ2n) is 26.4. The Kier molecular flexibility index (Phi) is 25.7. The lowest BCUT2D eigenvalue weighted by molar-refractivity contribution is -0.109. The number of likely N-dealkylation sites (tertiary alicyclic amines) is 2. The van der Waals surface area contributed by atoms with E-state index >= 15 is 0 Å². The van der Waals surface area contributed by atoms with E-state index in [0.29, 0.717) is 46.1 Å². The Bertz CT molecular complexity index is 1190. The largest absolute Gasteiger partial charge is 0.448 e. The van der Waals surface area contributed by atoms with Gasteiger partial charge in [0.15, 0.2) is 0 Å². The molecule has 0 bridgehead atoms. The van der Waals surface area contributed by atoms with E-state index < -0.39 is 0 Å². The van der Waals surface area contributed by atoms with E-state index in [1.165, 1.54) is 76.7 Å². The van der Waals surface area contributed by atoms with E-state index in [1.807, 2.05) is 20.8 Å². The second kappa shape index (κ2) is 27.1. The molecule has 10 heteroatoms. The molecule has 0 spiro atoms. The van der Waals surface area contributed by atoms with E-state index in [0.717, 1.165) is 65.2 Å². The van der Waals surface area contributed by atoms with Gasteiger partial charge in [-0.15, -0.1) is 0 Å². The Labute approximate surface area is 404 Å². The number of allylic oxidation sites excluding steroid dienone is 1. The van der Waals surface area contributed by atoms with E-state index in [-0.39, 0.29) is 17.2 Å². The normalized spacial score (nSPS) is 24.5. The molecular formula is C55H110N4O6. The average Bonchev–Trinajstić information content (AvgIpc) is 3.96. The van der Waals surface area contributed by atoms with Crippen molar-refractivity contribution in [3.05, 3.63) is 12.3 Å². The Morgan fingerprint density at radius 2 is 0.923 bits per heavy atom. The fourth-order valence-electron chi connectivity index (χ4n) is 8.57. The number of rotatable bonds is 0. The molecule has 0 aromatic heterocycles. The summed E-state index contributed by atoms with van der Waals surface area (Å²) in [7, 11) is 0. The van der Waals surface area contributed by atoms with Gasteiger partial charge in [-0.05, 0) is 170 Å². The molecule has 7 rings (SSSR count). The van der Waals surface area contributed by atoms with E-state index in [4.69, 9.17) is 23.7 Å². The first-order valence-corrected chi connectivity index (χ1v) is 25.8. The Morgan fingerprint density at radius 3 is 1.12 bits per heavy atom. The summed E-state index contributed by atoms with van der Waals surface area (Å²) in [4.78, 5) is 20.1. The van der Waals surface area contributed by atoms with Gasteiger partial charge in [-0.25, -0.2) is 4.79 Å². The third-order valence-corrected chi connectivity index (χ3v) is 13.3. The van der Waals surface area contributed by atoms with Crippen molar-refractivity contribution in [2.24, 2.45) is 22.2 Å². The molecule has 0 N–H and O–H groups in total. The zero-order chi connectivity index (χ0) is 50.1. The quantitative estimate of drug-likeness (QED) is 0.236. The predicted octanol–water partition coefficient (Wildman–Crippen LogP) is 12.7. The summed E-state index contributed by atoms with van der Waals surface area (Å²) < 4.78 is 26.1. The van der Waals surface area contributed by atoms with Crippen molar-refractivity contribution in [2.75, 3.05) is 85.5 Å². The minimum atomic E-state index is -0.187. The molecule has 0 aliphatic carbocycles. The third-order valence-electron chi connectivity index (χ3n) is 13.3. The number of ether oxygens (including phenoxy) is 5. The lowest BCUT2D eigenvalue weighted by atomic mass is 9.80. The Morgan fingerprint density at radius 1 is 0.446 bits per heavy atom. The Hall–Kier alpha value is -1.43. The highest BCUT2D eigenvalue weighted by Gasteiger charge is 2.33. The number of morpholine rings is 1. The van der Waals surface area contributed by atoms with Crippen LogP contribution in [0.2, 0.25) is 0 Å². The fourth-order valence-corrected chi connectivity index (χ4v) is 8.57. The standard InChI is InChI=1S/C9H17N.C8H17NO.C8H17N.2C8H16O.C7H13NO2.C7H14O/c1-8-6-5-7-10(8)9(2,3)4;1-8(2,3)9-4-6-10-7-5-9;1-8(2,3)9-6-4-5-7-9;1-8(2,3)7-4-5-9-6-7;1-8(2,3)7-5-4-6-9-7;1-7(2,3)8-4-5-10-6(8)9;1-7(2,3)6-4-5-8-6/h1,5-7H2,2-4H3;4-7H2,1-3H3;4-7H2,1-3H3;2*7H,4-6H2,1-3H3;4-5H2,1-3H3;6H,4-5H2,1-3H3/t;;;2*7-;;6-/m...10.0/s1. The number of amides is 1. The fraction of sp³-hybridized carbons (Fsp3) is 0.945. The van der Waals surface area contributed by atoms with Crippen molar-refractivity contribution >= 4 is 6.09 Å². The van der Waals surface area contributed by atoms with Crippen LogP contribution >= 0.6 is 0 Å². The highest BCUT2D eigenvalue weighted by molar-refractivity contribution is 5.70. The summed E-state index contributed by atoms with van der Waals surface area (Å²) in [5.41, 5.74) is 3.43. The lowest BCUT2D eigenvalue weighted by Gasteiger charge is -2.38. The van der Waals surface area contributed by atoms with Crippen LogP contribution in [-0.4, -0.2) is 146 Å². The molecule has 7 aliphatic rings. The van der Waals surface area contributed by atoms with Crippen LogP contribution in [-0.2, 0) is 23.7 Å². The summed E-state index contributed by atoms with van der Waals surface area (Å²) in [5.74, 6) is 0.789. The van der Waals surface area contributed by atoms with Gasteiger partial charge in [0.1, 0.15) is 6.61 Å². The molecule has 0 unspecified atom stereocenters. The van der Waals surface area contributed by atoms with Gasteiger partial charge >= 0.3 is 6.09 Å². The van der Waals surface area contributed by atoms with Gasteiger partial charge in [0, 0.05) is 73.9 Å². The van der Waals surface area contributed by atoms with Crippen molar-refractivity contribution < 1.29 is 28.5 Å². The molecule has 7 heterocycles. The van der Waals surface area contributed by atoms with E-state index in [1.54, 1.807) is 4.90 Å². The minimum Gasteiger partial charge on any atom is -0.448 e. The topological polar surface area (TPSA) is 76.2 Å². The van der Waals surface area contributed by atoms with Gasteiger partial charge in [-0.3, -0.25) is 14.7 Å². The second-order valence-corrected chi connectivity index (χ2v) is 26.4. The van der Waals surface area contributed by atoms with Gasteiger partial charge < -0.3 is 28.6 Å². The monoisotopic (exact) mass is 923 g/mol. The van der Waals surface area contributed by atoms with Crippen LogP contribution in [0.3, 0.4) is 0 Å². The van der Waals surface area contributed by atoms with Crippen molar-refractivity contribution in [1.29, 1.82) is 0 Å². The van der Waals surface area contributed by atoms with Crippen LogP contribution < -0.4 is 0 Å². The average molecular weight is 924 g/mol. The van der Waals surface area contributed by atoms with Crippen LogP contribution in [0.5, 0.6) is 0 Å². The smallest absolute Gasteiger partial charge is 0.410 e. The van der Waals surface area contributed by atoms with Gasteiger partial charge in [0.2, 0.25) is 0 Å². The maximum atomic E-state index is 10.9. The summed E-state index contributed by atoms with van der Waals surface area (Å²) >= 11 is 0. The van der Waals surface area contributed by atoms with Crippen molar-refractivity contribution in [3.8, 4) is 0 Å². The summed E-state index contributed by atoms with van der Waals surface area (Å²) in [6.45, 7) is 63.5. The SMILES string of the molecule is C=C1CCCN1C(C)(C)C.CC(C)(C)N1CCCC1.CC(C)(C)N1CCOC1=O.CC(C)(C)N1CCOCC1.CC(C)(C)[C@@H]1CCCO1.CC(C)(C)[C@@H]1CCO1.CC(C)(C)[C@@H]1CCOC1. The zero-order valence-electron chi connectivity index (χ0n) is 47.0. The van der Waals surface area contributed by atoms with Crippen LogP contribution in [0.1, 0.15) is 197 Å². The molecule has 0 aromatic carbocycles. The lowest BCUT2D eigenvalue weighted by Crippen LogP contribution is -2.47. The summed E-state index contributed by atoms with van der Waals surface area (Å²) in [5, 5.41) is 0. The van der Waals surface area contributed by atoms with Crippen molar-refractivity contribution in [1.82, 2.24) is 19.6 Å². The molecule has 0 saturated carbocycles. The number of hydrogen-bond acceptors (Lipinski definition) is 9. The predicted molar refractivity (Wildman–Crippen MR) is 276 cm³/mol. The van der Waals surface area contributed by atoms with E-state index in [2.05, 4.69) is 146 Å². The molecule has 65 heavy (non-hydrogen) atoms. The molecule has 3 atom stereocenters. The first kappa shape index (κ1) is 61.6. The van der Waals surface area contributed by atoms with E-state index in [9.17, 15) is 4.79 Å². The molecule has 0 radical (unpaired) electrons. The zero-order valence-corrected chi connectivity index (χ0v) is 47.0. The highest BCUT2D eigenvalue weighted by Crippen LogP contribution is 2.33. The molecule has 0 aromatic rings. The van der Waals surface area contributed by atoms with Crippen LogP contribution in [0.15, 0.2) is 12.3 Å². The third kappa shape index (κ3) is 25.1. The van der Waals surface area contributed by atoms with Gasteiger partial charge in [0.05, 0.1) is 32.0 Å². The van der Waals surface area contributed by atoms with Crippen LogP contribution in [0, 0.1) is 22.2 Å². The molecule has 386 valence electrons. The molecule has 10 nitrogen and oxygen atoms in total. The number of hydrogen-bond donors (Lipinski definition) is 0. The van der Waals surface area contributed by atoms with Crippen molar-refractivity contribution in [2.45, 2.75) is 231 Å². The van der Waals surface area contributed by atoms with Gasteiger partial charge in [-0.1, -0.05) is 68.9 Å². The maximum absolute atomic E-state index is 10.9. The number of carbonyl (C=O) groups is 1. The molecule has 7 aliphatic heterocycles. The van der Waals surface area contributed by atoms with Crippen LogP contribution in [0.4, 0.5) is 4.79 Å². The minimum absolute atomic E-state index is 0.0897. The number of nitrogens with zero attached hydrogens (tertiary/aromatic N) is 4. The highest BCUT2D eigenvalue weighted by atomic mass is 16.6. The van der Waals surface area contributed by atoms with Crippen molar-refractivity contribution in [3.63, 3.8) is 0 Å². The number of carbonyl (C=O) groups excluding carboxylic acids is 1. The first-order chi connectivity index (χ1) is 29.6. The summed E-state index contributed by atoms with van der Waals surface area (Å²) in [6.07, 6.45) is 11.1. The maximum Gasteiger partial charge on any atom is 0.410 e. The molecule has 7 saturated heterocycles. The number of cyclic esters (lactones) is 1. The summed E-state index contributed by atoms with van der Waals surface area (Å²) in [6, 6.07) is 0. The Balaban J connectivity index is 0.000000380. The van der Waals surface area contributed by atoms with Gasteiger partial charge in [-0.2, -0.15) is 0 Å².